The fourth-order valence-electron chi connectivity index (χ4n) is 2.70. The number of anilines is 1. The fourth-order valence-corrected chi connectivity index (χ4v) is 4.23. The summed E-state index contributed by atoms with van der Waals surface area (Å²) in [4.78, 5) is 3.26. The van der Waals surface area contributed by atoms with Crippen molar-refractivity contribution in [1.29, 1.82) is 0 Å². The first-order valence-electron chi connectivity index (χ1n) is 6.54. The Morgan fingerprint density at radius 3 is 2.71 bits per heavy atom. The highest BCUT2D eigenvalue weighted by molar-refractivity contribution is 7.91. The Balaban J connectivity index is 2.07. The predicted molar refractivity (Wildman–Crippen MR) is 67.4 cm³/mol. The molecule has 0 amide bonds. The Morgan fingerprint density at radius 1 is 1.29 bits per heavy atom. The van der Waals surface area contributed by atoms with Crippen LogP contribution >= 0.6 is 0 Å². The van der Waals surface area contributed by atoms with Gasteiger partial charge in [0.15, 0.2) is 15.7 Å². The van der Waals surface area contributed by atoms with Crippen LogP contribution in [0.3, 0.4) is 0 Å². The number of sulfone groups is 1. The average molecular weight is 322 g/mol. The summed E-state index contributed by atoms with van der Waals surface area (Å²) in [7, 11) is -4.06. The van der Waals surface area contributed by atoms with Crippen molar-refractivity contribution < 1.29 is 26.3 Å². The van der Waals surface area contributed by atoms with Crippen molar-refractivity contribution in [1.82, 2.24) is 4.98 Å². The maximum Gasteiger partial charge on any atom is 0.253 e. The molecule has 3 heterocycles. The number of fused-ring (bicyclic) bond motifs is 1. The highest BCUT2D eigenvalue weighted by Gasteiger charge is 2.38. The Morgan fingerprint density at radius 2 is 2.05 bits per heavy atom. The van der Waals surface area contributed by atoms with E-state index in [4.69, 9.17) is 4.74 Å². The van der Waals surface area contributed by atoms with Gasteiger partial charge in [-0.2, -0.15) is 13.8 Å². The van der Waals surface area contributed by atoms with Crippen LogP contribution in [0.4, 0.5) is 18.9 Å². The van der Waals surface area contributed by atoms with E-state index in [1.54, 1.807) is 0 Å². The minimum Gasteiger partial charge on any atom is -0.376 e. The molecule has 1 aromatic heterocycles. The summed E-state index contributed by atoms with van der Waals surface area (Å²) in [6.45, 7) is 0.813. The molecule has 1 aromatic rings. The van der Waals surface area contributed by atoms with Crippen molar-refractivity contribution in [2.45, 2.75) is 23.8 Å². The van der Waals surface area contributed by atoms with Gasteiger partial charge in [-0.3, -0.25) is 0 Å². The van der Waals surface area contributed by atoms with Gasteiger partial charge in [0.05, 0.1) is 11.9 Å². The summed E-state index contributed by atoms with van der Waals surface area (Å²) in [6.07, 6.45) is 1.45. The molecule has 21 heavy (non-hydrogen) atoms. The third kappa shape index (κ3) is 2.48. The molecule has 0 spiro atoms. The molecule has 116 valence electrons. The topological polar surface area (TPSA) is 59.5 Å². The van der Waals surface area contributed by atoms with Crippen molar-refractivity contribution in [2.75, 3.05) is 30.3 Å². The highest BCUT2D eigenvalue weighted by Crippen LogP contribution is 2.35. The zero-order valence-electron chi connectivity index (χ0n) is 11.0. The Kier molecular flexibility index (Phi) is 3.56. The number of rotatable bonds is 2. The SMILES string of the molecule is O=S1(=O)CCN(CC2CCCO2)c2c(F)nc(F)c(F)c21. The summed E-state index contributed by atoms with van der Waals surface area (Å²) in [6, 6.07) is 0. The number of nitrogens with zero attached hydrogens (tertiary/aromatic N) is 2. The summed E-state index contributed by atoms with van der Waals surface area (Å²) < 4.78 is 70.2. The molecule has 0 aromatic carbocycles. The number of hydrogen-bond donors (Lipinski definition) is 0. The van der Waals surface area contributed by atoms with Gasteiger partial charge in [-0.15, -0.1) is 0 Å². The molecular weight excluding hydrogens is 309 g/mol. The molecular formula is C12H13F3N2O3S. The van der Waals surface area contributed by atoms with E-state index < -0.39 is 43.9 Å². The minimum atomic E-state index is -4.06. The van der Waals surface area contributed by atoms with Crippen molar-refractivity contribution in [3.63, 3.8) is 0 Å². The van der Waals surface area contributed by atoms with Crippen LogP contribution < -0.4 is 4.90 Å². The molecule has 0 radical (unpaired) electrons. The van der Waals surface area contributed by atoms with Gasteiger partial charge in [0.25, 0.3) is 5.95 Å². The largest absolute Gasteiger partial charge is 0.376 e. The molecule has 0 bridgehead atoms. The predicted octanol–water partition coefficient (Wildman–Crippen LogP) is 1.27. The zero-order chi connectivity index (χ0) is 15.2. The standard InChI is InChI=1S/C12H13F3N2O3S/c13-8-10-9(12(15)16-11(8)14)17(3-5-21(10,18)19)6-7-2-1-4-20-7/h7H,1-6H2. The van der Waals surface area contributed by atoms with Gasteiger partial charge in [-0.05, 0) is 12.8 Å². The lowest BCUT2D eigenvalue weighted by Crippen LogP contribution is -2.41. The van der Waals surface area contributed by atoms with E-state index in [9.17, 15) is 21.6 Å². The van der Waals surface area contributed by atoms with Crippen molar-refractivity contribution in [3.05, 3.63) is 17.7 Å². The van der Waals surface area contributed by atoms with Gasteiger partial charge >= 0.3 is 0 Å². The van der Waals surface area contributed by atoms with Crippen molar-refractivity contribution in [2.24, 2.45) is 0 Å². The molecule has 1 saturated heterocycles. The Labute approximate surface area is 119 Å². The second-order valence-electron chi connectivity index (χ2n) is 5.09. The number of aromatic nitrogens is 1. The van der Waals surface area contributed by atoms with Crippen LogP contribution in [-0.2, 0) is 14.6 Å². The molecule has 0 aliphatic carbocycles. The third-order valence-electron chi connectivity index (χ3n) is 3.69. The first kappa shape index (κ1) is 14.6. The monoisotopic (exact) mass is 322 g/mol. The van der Waals surface area contributed by atoms with E-state index in [0.717, 1.165) is 12.8 Å². The molecule has 0 saturated carbocycles. The lowest BCUT2D eigenvalue weighted by atomic mass is 10.2. The number of pyridine rings is 1. The average Bonchev–Trinajstić information content (AvgIpc) is 2.90. The normalized spacial score (nSPS) is 24.1. The third-order valence-corrected chi connectivity index (χ3v) is 5.41. The van der Waals surface area contributed by atoms with Crippen molar-refractivity contribution >= 4 is 15.5 Å². The van der Waals surface area contributed by atoms with Crippen LogP contribution in [-0.4, -0.2) is 45.0 Å². The molecule has 2 aliphatic rings. The van der Waals surface area contributed by atoms with Crippen LogP contribution in [0, 0.1) is 17.7 Å². The van der Waals surface area contributed by atoms with Crippen molar-refractivity contribution in [3.8, 4) is 0 Å². The van der Waals surface area contributed by atoms with Gasteiger partial charge in [-0.25, -0.2) is 12.8 Å². The molecule has 0 N–H and O–H groups in total. The summed E-state index contributed by atoms with van der Waals surface area (Å²) in [5.74, 6) is -5.07. The number of halogens is 3. The Hall–Kier alpha value is -1.35. The maximum absolute atomic E-state index is 13.9. The lowest BCUT2D eigenvalue weighted by molar-refractivity contribution is 0.115. The van der Waals surface area contributed by atoms with Crippen LogP contribution in [0.1, 0.15) is 12.8 Å². The molecule has 3 rings (SSSR count). The molecule has 9 heteroatoms. The molecule has 1 fully saturated rings. The smallest absolute Gasteiger partial charge is 0.253 e. The second-order valence-corrected chi connectivity index (χ2v) is 7.13. The molecule has 5 nitrogen and oxygen atoms in total. The fraction of sp³-hybridized carbons (Fsp3) is 0.583. The zero-order valence-corrected chi connectivity index (χ0v) is 11.8. The minimum absolute atomic E-state index is 0.00113. The highest BCUT2D eigenvalue weighted by atomic mass is 32.2. The quantitative estimate of drug-likeness (QED) is 0.768. The van der Waals surface area contributed by atoms with E-state index in [2.05, 4.69) is 4.98 Å². The Bertz CT molecular complexity index is 675. The van der Waals surface area contributed by atoms with E-state index >= 15 is 0 Å². The molecule has 2 aliphatic heterocycles. The molecule has 1 atom stereocenters. The molecule has 1 unspecified atom stereocenters. The van der Waals surface area contributed by atoms with Gasteiger partial charge < -0.3 is 9.64 Å². The van der Waals surface area contributed by atoms with Gasteiger partial charge in [0.2, 0.25) is 5.95 Å². The van der Waals surface area contributed by atoms with E-state index in [-0.39, 0.29) is 19.2 Å². The first-order chi connectivity index (χ1) is 9.90. The first-order valence-corrected chi connectivity index (χ1v) is 8.19. The van der Waals surface area contributed by atoms with Crippen LogP contribution in [0.2, 0.25) is 0 Å². The summed E-state index contributed by atoms with van der Waals surface area (Å²) >= 11 is 0. The second kappa shape index (κ2) is 5.13. The van der Waals surface area contributed by atoms with Gasteiger partial charge in [-0.1, -0.05) is 0 Å². The summed E-state index contributed by atoms with van der Waals surface area (Å²) in [5.41, 5.74) is -0.490. The van der Waals surface area contributed by atoms with E-state index in [1.807, 2.05) is 0 Å². The van der Waals surface area contributed by atoms with Crippen LogP contribution in [0.5, 0.6) is 0 Å². The number of ether oxygens (including phenoxy) is 1. The number of hydrogen-bond acceptors (Lipinski definition) is 5. The lowest BCUT2D eigenvalue weighted by Gasteiger charge is -2.32. The van der Waals surface area contributed by atoms with Crippen LogP contribution in [0.25, 0.3) is 0 Å². The van der Waals surface area contributed by atoms with Gasteiger partial charge in [0, 0.05) is 19.7 Å². The van der Waals surface area contributed by atoms with E-state index in [1.165, 1.54) is 4.90 Å². The van der Waals surface area contributed by atoms with Crippen LogP contribution in [0.15, 0.2) is 4.90 Å². The summed E-state index contributed by atoms with van der Waals surface area (Å²) in [5, 5.41) is 0. The van der Waals surface area contributed by atoms with Gasteiger partial charge in [0.1, 0.15) is 10.6 Å². The maximum atomic E-state index is 13.9. The van der Waals surface area contributed by atoms with E-state index in [0.29, 0.717) is 6.61 Å².